The van der Waals surface area contributed by atoms with Gasteiger partial charge in [0, 0.05) is 32.5 Å². The molecule has 1 heterocycles. The van der Waals surface area contributed by atoms with Gasteiger partial charge in [0.1, 0.15) is 0 Å². The van der Waals surface area contributed by atoms with Gasteiger partial charge in [0.25, 0.3) is 0 Å². The second-order valence-electron chi connectivity index (χ2n) is 4.29. The Balaban J connectivity index is 2.25. The number of pyridine rings is 1. The molecule has 0 saturated heterocycles. The third-order valence-electron chi connectivity index (χ3n) is 2.92. The number of aromatic nitrogens is 1. The first kappa shape index (κ1) is 14.0. The van der Waals surface area contributed by atoms with E-state index in [9.17, 15) is 4.39 Å². The molecule has 0 aliphatic rings. The molecule has 19 heavy (non-hydrogen) atoms. The summed E-state index contributed by atoms with van der Waals surface area (Å²) >= 11 is 3.25. The van der Waals surface area contributed by atoms with Crippen LogP contribution in [-0.4, -0.2) is 12.0 Å². The first-order valence-corrected chi connectivity index (χ1v) is 6.69. The number of hydrogen-bond acceptors (Lipinski definition) is 3. The summed E-state index contributed by atoms with van der Waals surface area (Å²) in [5.41, 5.74) is 7.88. The van der Waals surface area contributed by atoms with Gasteiger partial charge in [0.05, 0.1) is 10.2 Å². The van der Waals surface area contributed by atoms with Crippen LogP contribution < -0.4 is 10.6 Å². The summed E-state index contributed by atoms with van der Waals surface area (Å²) in [5.74, 6) is -0.283. The average Bonchev–Trinajstić information content (AvgIpc) is 2.42. The molecule has 5 heteroatoms. The van der Waals surface area contributed by atoms with Crippen molar-refractivity contribution in [1.29, 1.82) is 0 Å². The van der Waals surface area contributed by atoms with E-state index >= 15 is 0 Å². The molecule has 0 aliphatic carbocycles. The average molecular weight is 324 g/mol. The summed E-state index contributed by atoms with van der Waals surface area (Å²) in [6, 6.07) is 7.42. The summed E-state index contributed by atoms with van der Waals surface area (Å²) in [4.78, 5) is 5.90. The molecule has 1 aromatic heterocycles. The predicted octanol–water partition coefficient (Wildman–Crippen LogP) is 3.08. The van der Waals surface area contributed by atoms with Crippen LogP contribution in [0.25, 0.3) is 0 Å². The lowest BCUT2D eigenvalue weighted by molar-refractivity contribution is 0.613. The minimum Gasteiger partial charge on any atom is -0.368 e. The number of rotatable bonds is 4. The molecule has 0 aliphatic heterocycles. The van der Waals surface area contributed by atoms with Crippen LogP contribution in [0.5, 0.6) is 0 Å². The fourth-order valence-electron chi connectivity index (χ4n) is 1.88. The molecular weight excluding hydrogens is 309 g/mol. The monoisotopic (exact) mass is 323 g/mol. The van der Waals surface area contributed by atoms with E-state index in [4.69, 9.17) is 5.73 Å². The first-order chi connectivity index (χ1) is 9.13. The molecule has 0 radical (unpaired) electrons. The summed E-state index contributed by atoms with van der Waals surface area (Å²) in [7, 11) is 1.85. The quantitative estimate of drug-likeness (QED) is 0.940. The first-order valence-electron chi connectivity index (χ1n) is 5.90. The van der Waals surface area contributed by atoms with Crippen molar-refractivity contribution in [2.75, 3.05) is 11.9 Å². The smallest absolute Gasteiger partial charge is 0.160 e. The number of nitrogens with zero attached hydrogens (tertiary/aromatic N) is 2. The van der Waals surface area contributed by atoms with Crippen LogP contribution >= 0.6 is 15.9 Å². The zero-order chi connectivity index (χ0) is 13.8. The molecule has 0 spiro atoms. The number of halogens is 2. The summed E-state index contributed by atoms with van der Waals surface area (Å²) in [6.45, 7) is 0.906. The highest BCUT2D eigenvalue weighted by Gasteiger charge is 2.13. The number of hydrogen-bond donors (Lipinski definition) is 1. The molecule has 3 nitrogen and oxygen atoms in total. The molecule has 0 unspecified atom stereocenters. The van der Waals surface area contributed by atoms with Crippen LogP contribution in [0.15, 0.2) is 41.1 Å². The maximum atomic E-state index is 14.2. The fourth-order valence-corrected chi connectivity index (χ4v) is 2.38. The minimum atomic E-state index is -0.283. The SMILES string of the molecule is CN(Cc1cccnc1)c1ccc(CN)c(Br)c1F. The largest absolute Gasteiger partial charge is 0.368 e. The van der Waals surface area contributed by atoms with E-state index < -0.39 is 0 Å². The molecule has 0 fully saturated rings. The Morgan fingerprint density at radius 1 is 1.37 bits per heavy atom. The van der Waals surface area contributed by atoms with Gasteiger partial charge in [-0.15, -0.1) is 0 Å². The van der Waals surface area contributed by atoms with Gasteiger partial charge in [-0.1, -0.05) is 12.1 Å². The van der Waals surface area contributed by atoms with Crippen LogP contribution in [-0.2, 0) is 13.1 Å². The number of nitrogens with two attached hydrogens (primary N) is 1. The van der Waals surface area contributed by atoms with Gasteiger partial charge >= 0.3 is 0 Å². The van der Waals surface area contributed by atoms with E-state index in [1.807, 2.05) is 30.1 Å². The van der Waals surface area contributed by atoms with Crippen molar-refractivity contribution in [2.45, 2.75) is 13.1 Å². The zero-order valence-corrected chi connectivity index (χ0v) is 12.2. The van der Waals surface area contributed by atoms with Crippen molar-refractivity contribution in [3.63, 3.8) is 0 Å². The van der Waals surface area contributed by atoms with Crippen LogP contribution in [0.1, 0.15) is 11.1 Å². The summed E-state index contributed by atoms with van der Waals surface area (Å²) in [6.07, 6.45) is 3.49. The van der Waals surface area contributed by atoms with Crippen molar-refractivity contribution < 1.29 is 4.39 Å². The topological polar surface area (TPSA) is 42.2 Å². The van der Waals surface area contributed by atoms with E-state index in [1.54, 1.807) is 18.5 Å². The van der Waals surface area contributed by atoms with Crippen molar-refractivity contribution >= 4 is 21.6 Å². The molecule has 2 N–H and O–H groups in total. The molecule has 0 bridgehead atoms. The molecule has 0 atom stereocenters. The van der Waals surface area contributed by atoms with Crippen molar-refractivity contribution in [1.82, 2.24) is 4.98 Å². The lowest BCUT2D eigenvalue weighted by atomic mass is 10.1. The van der Waals surface area contributed by atoms with E-state index in [2.05, 4.69) is 20.9 Å². The predicted molar refractivity (Wildman–Crippen MR) is 78.3 cm³/mol. The molecule has 1 aromatic carbocycles. The van der Waals surface area contributed by atoms with E-state index in [0.717, 1.165) is 11.1 Å². The molecule has 100 valence electrons. The lowest BCUT2D eigenvalue weighted by Gasteiger charge is -2.21. The lowest BCUT2D eigenvalue weighted by Crippen LogP contribution is -2.18. The van der Waals surface area contributed by atoms with Gasteiger partial charge in [-0.2, -0.15) is 0 Å². The Bertz CT molecular complexity index is 560. The molecule has 2 rings (SSSR count). The van der Waals surface area contributed by atoms with Gasteiger partial charge in [0.2, 0.25) is 0 Å². The van der Waals surface area contributed by atoms with Crippen LogP contribution in [0.4, 0.5) is 10.1 Å². The number of anilines is 1. The fraction of sp³-hybridized carbons (Fsp3) is 0.214. The van der Waals surface area contributed by atoms with Crippen molar-refractivity contribution in [3.8, 4) is 0 Å². The maximum Gasteiger partial charge on any atom is 0.160 e. The summed E-state index contributed by atoms with van der Waals surface area (Å²) in [5, 5.41) is 0. The second kappa shape index (κ2) is 6.12. The van der Waals surface area contributed by atoms with Gasteiger partial charge in [-0.05, 0) is 39.2 Å². The molecule has 0 saturated carbocycles. The minimum absolute atomic E-state index is 0.283. The van der Waals surface area contributed by atoms with Gasteiger partial charge in [0.15, 0.2) is 5.82 Å². The Morgan fingerprint density at radius 3 is 2.79 bits per heavy atom. The van der Waals surface area contributed by atoms with Crippen molar-refractivity contribution in [3.05, 3.63) is 58.1 Å². The van der Waals surface area contributed by atoms with Crippen LogP contribution in [0, 0.1) is 5.82 Å². The van der Waals surface area contributed by atoms with E-state index in [0.29, 0.717) is 23.2 Å². The Morgan fingerprint density at radius 2 is 2.16 bits per heavy atom. The van der Waals surface area contributed by atoms with E-state index in [1.165, 1.54) is 0 Å². The normalized spacial score (nSPS) is 10.5. The highest BCUT2D eigenvalue weighted by molar-refractivity contribution is 9.10. The maximum absolute atomic E-state index is 14.2. The van der Waals surface area contributed by atoms with Gasteiger partial charge < -0.3 is 10.6 Å². The Hall–Kier alpha value is -1.46. The number of benzene rings is 1. The van der Waals surface area contributed by atoms with Crippen molar-refractivity contribution in [2.24, 2.45) is 5.73 Å². The van der Waals surface area contributed by atoms with Crippen LogP contribution in [0.2, 0.25) is 0 Å². The molecular formula is C14H15BrFN3. The zero-order valence-electron chi connectivity index (χ0n) is 10.6. The van der Waals surface area contributed by atoms with Crippen LogP contribution in [0.3, 0.4) is 0 Å². The second-order valence-corrected chi connectivity index (χ2v) is 5.09. The standard InChI is InChI=1S/C14H15BrFN3/c1-19(9-10-3-2-6-18-8-10)12-5-4-11(7-17)13(15)14(12)16/h2-6,8H,7,9,17H2,1H3. The third-order valence-corrected chi connectivity index (χ3v) is 3.77. The Kier molecular flexibility index (Phi) is 4.50. The summed E-state index contributed by atoms with van der Waals surface area (Å²) < 4.78 is 14.7. The molecule has 0 amide bonds. The van der Waals surface area contributed by atoms with Gasteiger partial charge in [-0.25, -0.2) is 4.39 Å². The Labute approximate surface area is 120 Å². The molecule has 2 aromatic rings. The highest BCUT2D eigenvalue weighted by Crippen LogP contribution is 2.29. The van der Waals surface area contributed by atoms with Gasteiger partial charge in [-0.3, -0.25) is 4.98 Å². The third kappa shape index (κ3) is 3.11. The van der Waals surface area contributed by atoms with E-state index in [-0.39, 0.29) is 5.82 Å². The highest BCUT2D eigenvalue weighted by atomic mass is 79.9.